The zero-order valence-electron chi connectivity index (χ0n) is 13.6. The third-order valence-corrected chi connectivity index (χ3v) is 4.06. The van der Waals surface area contributed by atoms with E-state index in [2.05, 4.69) is 17.0 Å². The topological polar surface area (TPSA) is 49.9 Å². The summed E-state index contributed by atoms with van der Waals surface area (Å²) in [6.45, 7) is 4.18. The smallest absolute Gasteiger partial charge is 0.308 e. The number of piperazine rings is 1. The Morgan fingerprint density at radius 1 is 0.875 bits per heavy atom. The largest absolute Gasteiger partial charge is 0.426 e. The molecule has 0 bridgehead atoms. The average Bonchev–Trinajstić information content (AvgIpc) is 2.62. The van der Waals surface area contributed by atoms with Crippen molar-refractivity contribution in [2.75, 3.05) is 31.1 Å². The zero-order valence-corrected chi connectivity index (χ0v) is 13.6. The fraction of sp³-hybridized carbons (Fsp3) is 0.263. The van der Waals surface area contributed by atoms with E-state index in [9.17, 15) is 9.59 Å². The van der Waals surface area contributed by atoms with Gasteiger partial charge in [-0.3, -0.25) is 9.59 Å². The molecular weight excluding hydrogens is 304 g/mol. The molecule has 5 heteroatoms. The van der Waals surface area contributed by atoms with Crippen LogP contribution in [0.4, 0.5) is 5.69 Å². The lowest BCUT2D eigenvalue weighted by atomic mass is 10.1. The molecule has 1 heterocycles. The van der Waals surface area contributed by atoms with Gasteiger partial charge in [0.1, 0.15) is 5.75 Å². The maximum atomic E-state index is 12.8. The molecule has 1 fully saturated rings. The first-order valence-corrected chi connectivity index (χ1v) is 8.02. The van der Waals surface area contributed by atoms with Gasteiger partial charge in [-0.2, -0.15) is 0 Å². The van der Waals surface area contributed by atoms with Crippen LogP contribution >= 0.6 is 0 Å². The number of ether oxygens (including phenoxy) is 1. The molecule has 0 N–H and O–H groups in total. The molecule has 0 radical (unpaired) electrons. The third kappa shape index (κ3) is 3.56. The number of carbonyl (C=O) groups is 2. The lowest BCUT2D eigenvalue weighted by molar-refractivity contribution is -0.131. The zero-order chi connectivity index (χ0) is 16.9. The maximum Gasteiger partial charge on any atom is 0.308 e. The molecule has 3 rings (SSSR count). The Hall–Kier alpha value is -2.82. The van der Waals surface area contributed by atoms with Crippen LogP contribution in [0.3, 0.4) is 0 Å². The van der Waals surface area contributed by atoms with Gasteiger partial charge in [-0.15, -0.1) is 0 Å². The first-order valence-electron chi connectivity index (χ1n) is 8.02. The van der Waals surface area contributed by atoms with Crippen LogP contribution in [-0.2, 0) is 4.79 Å². The number of carbonyl (C=O) groups excluding carboxylic acids is 2. The number of anilines is 1. The van der Waals surface area contributed by atoms with Gasteiger partial charge >= 0.3 is 5.97 Å². The van der Waals surface area contributed by atoms with Gasteiger partial charge < -0.3 is 14.5 Å². The highest BCUT2D eigenvalue weighted by atomic mass is 16.5. The van der Waals surface area contributed by atoms with Gasteiger partial charge in [-0.05, 0) is 24.3 Å². The lowest BCUT2D eigenvalue weighted by Gasteiger charge is -2.36. The van der Waals surface area contributed by atoms with Crippen molar-refractivity contribution in [3.63, 3.8) is 0 Å². The van der Waals surface area contributed by atoms with Gasteiger partial charge in [-0.1, -0.05) is 30.3 Å². The SMILES string of the molecule is CC(=O)Oc1ccccc1C(=O)N1CCN(c2ccccc2)CC1. The molecule has 0 saturated carbocycles. The quantitative estimate of drug-likeness (QED) is 0.643. The molecule has 0 aliphatic carbocycles. The minimum Gasteiger partial charge on any atom is -0.426 e. The molecule has 0 atom stereocenters. The summed E-state index contributed by atoms with van der Waals surface area (Å²) in [7, 11) is 0. The van der Waals surface area contributed by atoms with E-state index in [0.717, 1.165) is 13.1 Å². The van der Waals surface area contributed by atoms with Crippen LogP contribution in [0, 0.1) is 0 Å². The van der Waals surface area contributed by atoms with Crippen LogP contribution < -0.4 is 9.64 Å². The maximum absolute atomic E-state index is 12.8. The van der Waals surface area contributed by atoms with Gasteiger partial charge in [0.15, 0.2) is 0 Å². The average molecular weight is 324 g/mol. The predicted octanol–water partition coefficient (Wildman–Crippen LogP) is 2.57. The van der Waals surface area contributed by atoms with Gasteiger partial charge in [0.05, 0.1) is 5.56 Å². The minimum absolute atomic E-state index is 0.0976. The van der Waals surface area contributed by atoms with Gasteiger partial charge in [0.2, 0.25) is 0 Å². The number of para-hydroxylation sites is 2. The highest BCUT2D eigenvalue weighted by Gasteiger charge is 2.24. The molecular formula is C19H20N2O3. The second-order valence-corrected chi connectivity index (χ2v) is 5.70. The van der Waals surface area contributed by atoms with Crippen LogP contribution in [0.5, 0.6) is 5.75 Å². The highest BCUT2D eigenvalue weighted by Crippen LogP contribution is 2.22. The monoisotopic (exact) mass is 324 g/mol. The number of esters is 1. The fourth-order valence-corrected chi connectivity index (χ4v) is 2.86. The van der Waals surface area contributed by atoms with E-state index in [1.165, 1.54) is 12.6 Å². The summed E-state index contributed by atoms with van der Waals surface area (Å²) in [5, 5.41) is 0. The van der Waals surface area contributed by atoms with E-state index in [4.69, 9.17) is 4.74 Å². The second kappa shape index (κ2) is 7.17. The van der Waals surface area contributed by atoms with Gasteiger partial charge in [0, 0.05) is 38.8 Å². The summed E-state index contributed by atoms with van der Waals surface area (Å²) in [5.74, 6) is -0.204. The first kappa shape index (κ1) is 16.1. The van der Waals surface area contributed by atoms with Crippen molar-refractivity contribution in [2.24, 2.45) is 0 Å². The Bertz CT molecular complexity index is 722. The van der Waals surface area contributed by atoms with Crippen LogP contribution in [0.15, 0.2) is 54.6 Å². The van der Waals surface area contributed by atoms with Crippen molar-refractivity contribution in [2.45, 2.75) is 6.92 Å². The van der Waals surface area contributed by atoms with Crippen molar-refractivity contribution in [1.82, 2.24) is 4.90 Å². The van der Waals surface area contributed by atoms with Crippen molar-refractivity contribution in [1.29, 1.82) is 0 Å². The predicted molar refractivity (Wildman–Crippen MR) is 92.3 cm³/mol. The molecule has 5 nitrogen and oxygen atoms in total. The van der Waals surface area contributed by atoms with Crippen molar-refractivity contribution >= 4 is 17.6 Å². The Balaban J connectivity index is 1.69. The number of hydrogen-bond donors (Lipinski definition) is 0. The van der Waals surface area contributed by atoms with Crippen LogP contribution in [0.1, 0.15) is 17.3 Å². The summed E-state index contributed by atoms with van der Waals surface area (Å²) in [6.07, 6.45) is 0. The molecule has 1 amide bonds. The number of rotatable bonds is 3. The third-order valence-electron chi connectivity index (χ3n) is 4.06. The molecule has 0 unspecified atom stereocenters. The van der Waals surface area contributed by atoms with E-state index in [1.807, 2.05) is 23.1 Å². The highest BCUT2D eigenvalue weighted by molar-refractivity contribution is 5.97. The summed E-state index contributed by atoms with van der Waals surface area (Å²) in [6, 6.07) is 17.1. The van der Waals surface area contributed by atoms with Gasteiger partial charge in [-0.25, -0.2) is 0 Å². The Morgan fingerprint density at radius 3 is 2.17 bits per heavy atom. The van der Waals surface area contributed by atoms with E-state index in [-0.39, 0.29) is 5.91 Å². The fourth-order valence-electron chi connectivity index (χ4n) is 2.86. The molecule has 1 saturated heterocycles. The summed E-state index contributed by atoms with van der Waals surface area (Å²) >= 11 is 0. The first-order chi connectivity index (χ1) is 11.6. The second-order valence-electron chi connectivity index (χ2n) is 5.70. The summed E-state index contributed by atoms with van der Waals surface area (Å²) in [5.41, 5.74) is 1.60. The summed E-state index contributed by atoms with van der Waals surface area (Å²) < 4.78 is 5.15. The van der Waals surface area contributed by atoms with Crippen molar-refractivity contribution < 1.29 is 14.3 Å². The number of hydrogen-bond acceptors (Lipinski definition) is 4. The Morgan fingerprint density at radius 2 is 1.50 bits per heavy atom. The van der Waals surface area contributed by atoms with Crippen LogP contribution in [0.2, 0.25) is 0 Å². The van der Waals surface area contributed by atoms with Crippen molar-refractivity contribution in [3.05, 3.63) is 60.2 Å². The molecule has 2 aromatic rings. The molecule has 1 aliphatic rings. The van der Waals surface area contributed by atoms with Gasteiger partial charge in [0.25, 0.3) is 5.91 Å². The van der Waals surface area contributed by atoms with E-state index >= 15 is 0 Å². The van der Waals surface area contributed by atoms with E-state index < -0.39 is 5.97 Å². The van der Waals surface area contributed by atoms with E-state index in [0.29, 0.717) is 24.4 Å². The molecule has 2 aromatic carbocycles. The standard InChI is InChI=1S/C19H20N2O3/c1-15(22)24-18-10-6-5-9-17(18)19(23)21-13-11-20(12-14-21)16-7-3-2-4-8-16/h2-10H,11-14H2,1H3. The van der Waals surface area contributed by atoms with Crippen molar-refractivity contribution in [3.8, 4) is 5.75 Å². The summed E-state index contributed by atoms with van der Waals surface area (Å²) in [4.78, 5) is 28.0. The minimum atomic E-state index is -0.427. The van der Waals surface area contributed by atoms with Crippen LogP contribution in [0.25, 0.3) is 0 Å². The number of nitrogens with zero attached hydrogens (tertiary/aromatic N) is 2. The van der Waals surface area contributed by atoms with E-state index in [1.54, 1.807) is 24.3 Å². The Kier molecular flexibility index (Phi) is 4.79. The molecule has 0 spiro atoms. The molecule has 0 aromatic heterocycles. The number of amides is 1. The van der Waals surface area contributed by atoms with Crippen LogP contribution in [-0.4, -0.2) is 43.0 Å². The normalized spacial score (nSPS) is 14.4. The Labute approximate surface area is 141 Å². The molecule has 1 aliphatic heterocycles. The lowest BCUT2D eigenvalue weighted by Crippen LogP contribution is -2.48. The molecule has 124 valence electrons. The number of benzene rings is 2. The molecule has 24 heavy (non-hydrogen) atoms.